The molecule has 6 nitrogen and oxygen atoms in total. The minimum Gasteiger partial charge on any atom is -0.360 e. The van der Waals surface area contributed by atoms with Crippen LogP contribution < -0.4 is 5.32 Å². The summed E-state index contributed by atoms with van der Waals surface area (Å²) in [6.07, 6.45) is 1.82. The number of benzene rings is 2. The van der Waals surface area contributed by atoms with Crippen LogP contribution in [0.25, 0.3) is 11.3 Å². The predicted molar refractivity (Wildman–Crippen MR) is 123 cm³/mol. The maximum absolute atomic E-state index is 13.0. The fourth-order valence-corrected chi connectivity index (χ4v) is 3.63. The summed E-state index contributed by atoms with van der Waals surface area (Å²) in [6.45, 7) is 7.24. The molecule has 0 radical (unpaired) electrons. The van der Waals surface area contributed by atoms with Crippen molar-refractivity contribution < 1.29 is 14.1 Å². The van der Waals surface area contributed by atoms with Gasteiger partial charge >= 0.3 is 0 Å². The quantitative estimate of drug-likeness (QED) is 0.480. The molecule has 0 unspecified atom stereocenters. The van der Waals surface area contributed by atoms with Gasteiger partial charge in [-0.15, -0.1) is 0 Å². The highest BCUT2D eigenvalue weighted by Crippen LogP contribution is 2.31. The van der Waals surface area contributed by atoms with E-state index in [1.54, 1.807) is 43.3 Å². The van der Waals surface area contributed by atoms with Gasteiger partial charge in [0.1, 0.15) is 17.0 Å². The second-order valence-corrected chi connectivity index (χ2v) is 7.67. The van der Waals surface area contributed by atoms with Gasteiger partial charge in [-0.25, -0.2) is 0 Å². The van der Waals surface area contributed by atoms with E-state index in [0.717, 1.165) is 25.9 Å². The molecule has 0 atom stereocenters. The molecule has 0 fully saturated rings. The zero-order chi connectivity index (χ0) is 22.4. The molecule has 0 aliphatic carbocycles. The highest BCUT2D eigenvalue weighted by atomic mass is 35.5. The van der Waals surface area contributed by atoms with Crippen LogP contribution >= 0.6 is 11.6 Å². The molecule has 0 spiro atoms. The van der Waals surface area contributed by atoms with Gasteiger partial charge in [0.25, 0.3) is 11.8 Å². The van der Waals surface area contributed by atoms with Gasteiger partial charge in [-0.2, -0.15) is 0 Å². The number of hydrogen-bond acceptors (Lipinski definition) is 4. The van der Waals surface area contributed by atoms with E-state index in [4.69, 9.17) is 16.1 Å². The minimum absolute atomic E-state index is 0.00235. The Hall–Kier alpha value is -3.12. The lowest BCUT2D eigenvalue weighted by Crippen LogP contribution is -2.32. The van der Waals surface area contributed by atoms with Crippen LogP contribution in [0, 0.1) is 6.92 Å². The van der Waals surface area contributed by atoms with Crippen molar-refractivity contribution in [2.24, 2.45) is 0 Å². The highest BCUT2D eigenvalue weighted by Gasteiger charge is 2.23. The maximum Gasteiger partial charge on any atom is 0.261 e. The first-order valence-electron chi connectivity index (χ1n) is 10.4. The number of anilines is 1. The summed E-state index contributed by atoms with van der Waals surface area (Å²) < 4.78 is 5.27. The Morgan fingerprint density at radius 3 is 2.29 bits per heavy atom. The second-order valence-electron chi connectivity index (χ2n) is 7.27. The zero-order valence-electron chi connectivity index (χ0n) is 17.9. The first kappa shape index (κ1) is 22.6. The molecule has 162 valence electrons. The highest BCUT2D eigenvalue weighted by molar-refractivity contribution is 6.33. The number of amides is 2. The molecule has 0 aliphatic heterocycles. The Balaban J connectivity index is 1.79. The monoisotopic (exact) mass is 439 g/mol. The third-order valence-electron chi connectivity index (χ3n) is 4.88. The fourth-order valence-electron chi connectivity index (χ4n) is 3.40. The maximum atomic E-state index is 13.0. The van der Waals surface area contributed by atoms with Gasteiger partial charge < -0.3 is 14.7 Å². The molecule has 0 bridgehead atoms. The number of hydrogen-bond donors (Lipinski definition) is 1. The van der Waals surface area contributed by atoms with Crippen molar-refractivity contribution in [3.05, 3.63) is 70.4 Å². The van der Waals surface area contributed by atoms with Crippen LogP contribution in [0.4, 0.5) is 5.69 Å². The topological polar surface area (TPSA) is 75.4 Å². The number of carbonyl (C=O) groups excluding carboxylic acids is 2. The molecule has 3 rings (SSSR count). The Kier molecular flexibility index (Phi) is 7.47. The number of nitrogens with zero attached hydrogens (tertiary/aromatic N) is 2. The Bertz CT molecular complexity index is 1050. The van der Waals surface area contributed by atoms with Crippen molar-refractivity contribution in [1.29, 1.82) is 0 Å². The fraction of sp³-hybridized carbons (Fsp3) is 0.292. The van der Waals surface area contributed by atoms with Crippen LogP contribution in [0.3, 0.4) is 0 Å². The summed E-state index contributed by atoms with van der Waals surface area (Å²) in [5.74, 6) is 0.0396. The van der Waals surface area contributed by atoms with Crippen molar-refractivity contribution in [1.82, 2.24) is 10.1 Å². The number of nitrogens with one attached hydrogen (secondary N) is 1. The number of carbonyl (C=O) groups is 2. The lowest BCUT2D eigenvalue weighted by atomic mass is 10.1. The first-order valence-corrected chi connectivity index (χ1v) is 10.8. The third-order valence-corrected chi connectivity index (χ3v) is 5.21. The van der Waals surface area contributed by atoms with Crippen LogP contribution in [0.2, 0.25) is 5.02 Å². The van der Waals surface area contributed by atoms with Crippen LogP contribution in [-0.2, 0) is 0 Å². The van der Waals surface area contributed by atoms with Crippen molar-refractivity contribution >= 4 is 29.1 Å². The Morgan fingerprint density at radius 1 is 1.03 bits per heavy atom. The van der Waals surface area contributed by atoms with Gasteiger partial charge in [0.05, 0.1) is 5.02 Å². The second kappa shape index (κ2) is 10.3. The van der Waals surface area contributed by atoms with Gasteiger partial charge in [-0.3, -0.25) is 9.59 Å². The van der Waals surface area contributed by atoms with Crippen molar-refractivity contribution in [2.45, 2.75) is 33.6 Å². The number of rotatable bonds is 8. The molecule has 31 heavy (non-hydrogen) atoms. The van der Waals surface area contributed by atoms with E-state index in [-0.39, 0.29) is 11.8 Å². The van der Waals surface area contributed by atoms with Crippen LogP contribution in [-0.4, -0.2) is 35.0 Å². The molecule has 1 heterocycles. The summed E-state index contributed by atoms with van der Waals surface area (Å²) in [7, 11) is 0. The molecule has 2 aromatic carbocycles. The molecular weight excluding hydrogens is 414 g/mol. The average Bonchev–Trinajstić information content (AvgIpc) is 3.15. The number of aryl methyl sites for hydroxylation is 1. The molecule has 7 heteroatoms. The SMILES string of the molecule is CCCN(CCC)C(=O)c1ccc(NC(=O)c2c(-c3ccccc3Cl)noc2C)cc1. The summed E-state index contributed by atoms with van der Waals surface area (Å²) in [4.78, 5) is 27.5. The predicted octanol–water partition coefficient (Wildman–Crippen LogP) is 5.82. The van der Waals surface area contributed by atoms with Crippen molar-refractivity contribution in [3.63, 3.8) is 0 Å². The molecule has 1 aromatic heterocycles. The molecule has 0 saturated heterocycles. The normalized spacial score (nSPS) is 10.7. The largest absolute Gasteiger partial charge is 0.360 e. The van der Waals surface area contributed by atoms with Gasteiger partial charge in [0.15, 0.2) is 0 Å². The summed E-state index contributed by atoms with van der Waals surface area (Å²) in [5.41, 5.74) is 2.51. The summed E-state index contributed by atoms with van der Waals surface area (Å²) in [6, 6.07) is 14.1. The summed E-state index contributed by atoms with van der Waals surface area (Å²) >= 11 is 6.27. The van der Waals surface area contributed by atoms with E-state index >= 15 is 0 Å². The molecule has 0 saturated carbocycles. The lowest BCUT2D eigenvalue weighted by Gasteiger charge is -2.21. The van der Waals surface area contributed by atoms with Gasteiger partial charge in [-0.05, 0) is 50.1 Å². The first-order chi connectivity index (χ1) is 15.0. The van der Waals surface area contributed by atoms with Crippen molar-refractivity contribution in [3.8, 4) is 11.3 Å². The van der Waals surface area contributed by atoms with Gasteiger partial charge in [0.2, 0.25) is 0 Å². The zero-order valence-corrected chi connectivity index (χ0v) is 18.7. The molecule has 2 amide bonds. The molecular formula is C24H26ClN3O3. The van der Waals surface area contributed by atoms with Gasteiger partial charge in [0, 0.05) is 29.9 Å². The average molecular weight is 440 g/mol. The van der Waals surface area contributed by atoms with Crippen LogP contribution in [0.15, 0.2) is 53.1 Å². The number of aromatic nitrogens is 1. The lowest BCUT2D eigenvalue weighted by molar-refractivity contribution is 0.0755. The minimum atomic E-state index is -0.355. The van der Waals surface area contributed by atoms with E-state index in [9.17, 15) is 9.59 Å². The van der Waals surface area contributed by atoms with Gasteiger partial charge in [-0.1, -0.05) is 48.8 Å². The standard InChI is InChI=1S/C24H26ClN3O3/c1-4-14-28(15-5-2)24(30)17-10-12-18(13-11-17)26-23(29)21-16(3)31-27-22(21)19-8-6-7-9-20(19)25/h6-13H,4-5,14-15H2,1-3H3,(H,26,29). The van der Waals surface area contributed by atoms with E-state index in [1.807, 2.05) is 17.0 Å². The van der Waals surface area contributed by atoms with Crippen molar-refractivity contribution in [2.75, 3.05) is 18.4 Å². The number of halogens is 1. The van der Waals surface area contributed by atoms with E-state index in [1.165, 1.54) is 0 Å². The molecule has 1 N–H and O–H groups in total. The van der Waals surface area contributed by atoms with Crippen LogP contribution in [0.5, 0.6) is 0 Å². The van der Waals surface area contributed by atoms with E-state index in [2.05, 4.69) is 24.3 Å². The van der Waals surface area contributed by atoms with Crippen LogP contribution in [0.1, 0.15) is 53.2 Å². The van der Waals surface area contributed by atoms with E-state index in [0.29, 0.717) is 38.9 Å². The smallest absolute Gasteiger partial charge is 0.261 e. The van der Waals surface area contributed by atoms with E-state index < -0.39 is 0 Å². The summed E-state index contributed by atoms with van der Waals surface area (Å²) in [5, 5.41) is 7.37. The molecule has 3 aromatic rings. The molecule has 0 aliphatic rings. The third kappa shape index (κ3) is 5.14. The Morgan fingerprint density at radius 2 is 1.68 bits per heavy atom. The Labute approximate surface area is 187 Å².